The Labute approximate surface area is 96.0 Å². The summed E-state index contributed by atoms with van der Waals surface area (Å²) >= 11 is 0. The highest BCUT2D eigenvalue weighted by atomic mass is 16.4. The first-order valence-electron chi connectivity index (χ1n) is 5.66. The number of allylic oxidation sites excluding steroid dienone is 1. The first kappa shape index (κ1) is 14.8. The van der Waals surface area contributed by atoms with Crippen molar-refractivity contribution in [1.29, 1.82) is 0 Å². The van der Waals surface area contributed by atoms with Crippen molar-refractivity contribution in [3.05, 3.63) is 12.2 Å². The zero-order chi connectivity index (χ0) is 12.2. The highest BCUT2D eigenvalue weighted by Crippen LogP contribution is 2.09. The van der Waals surface area contributed by atoms with Crippen LogP contribution in [-0.4, -0.2) is 23.5 Å². The lowest BCUT2D eigenvalue weighted by molar-refractivity contribution is -0.305. The average molecular weight is 227 g/mol. The molecule has 0 aliphatic carbocycles. The maximum atomic E-state index is 10.1. The summed E-state index contributed by atoms with van der Waals surface area (Å²) in [5.41, 5.74) is 0. The number of hydrogen-bond acceptors (Lipinski definition) is 4. The topological polar surface area (TPSA) is 77.4 Å². The number of unbranched alkanes of at least 4 members (excludes halogenated alkanes) is 4. The molecular formula is C12H19O4-. The van der Waals surface area contributed by atoms with Crippen molar-refractivity contribution in [2.75, 3.05) is 0 Å². The molecule has 1 atom stereocenters. The molecule has 0 rings (SSSR count). The SMILES string of the molecule is O=C/C=C/C(O)CCCCCCCC(=O)[O-]. The van der Waals surface area contributed by atoms with Gasteiger partial charge in [-0.05, 0) is 25.3 Å². The molecule has 0 saturated heterocycles. The third-order valence-corrected chi connectivity index (χ3v) is 2.29. The summed E-state index contributed by atoms with van der Waals surface area (Å²) in [4.78, 5) is 20.1. The zero-order valence-electron chi connectivity index (χ0n) is 9.43. The summed E-state index contributed by atoms with van der Waals surface area (Å²) in [6.07, 6.45) is 8.01. The van der Waals surface area contributed by atoms with E-state index in [1.165, 1.54) is 12.2 Å². The maximum Gasteiger partial charge on any atom is 0.142 e. The number of carboxylic acid groups (broad SMARTS) is 1. The third-order valence-electron chi connectivity index (χ3n) is 2.29. The summed E-state index contributed by atoms with van der Waals surface area (Å²) in [5.74, 6) is -0.991. The van der Waals surface area contributed by atoms with E-state index in [0.29, 0.717) is 19.1 Å². The second-order valence-electron chi connectivity index (χ2n) is 3.77. The van der Waals surface area contributed by atoms with Crippen LogP contribution in [0.1, 0.15) is 44.9 Å². The molecule has 1 unspecified atom stereocenters. The van der Waals surface area contributed by atoms with Gasteiger partial charge in [0.25, 0.3) is 0 Å². The smallest absolute Gasteiger partial charge is 0.142 e. The van der Waals surface area contributed by atoms with E-state index in [4.69, 9.17) is 0 Å². The van der Waals surface area contributed by atoms with E-state index in [2.05, 4.69) is 0 Å². The highest BCUT2D eigenvalue weighted by molar-refractivity contribution is 5.64. The van der Waals surface area contributed by atoms with Crippen molar-refractivity contribution < 1.29 is 19.8 Å². The predicted octanol–water partition coefficient (Wildman–Crippen LogP) is 0.583. The quantitative estimate of drug-likeness (QED) is 0.336. The highest BCUT2D eigenvalue weighted by Gasteiger charge is 1.98. The minimum atomic E-state index is -0.991. The number of aliphatic hydroxyl groups excluding tert-OH is 1. The second kappa shape index (κ2) is 10.4. The molecule has 0 spiro atoms. The number of carbonyl (C=O) groups excluding carboxylic acids is 2. The third kappa shape index (κ3) is 10.9. The maximum absolute atomic E-state index is 10.1. The van der Waals surface area contributed by atoms with Crippen LogP contribution in [0.2, 0.25) is 0 Å². The van der Waals surface area contributed by atoms with Crippen molar-refractivity contribution in [2.24, 2.45) is 0 Å². The normalized spacial score (nSPS) is 12.8. The molecule has 0 aliphatic rings. The van der Waals surface area contributed by atoms with Gasteiger partial charge in [0.15, 0.2) is 0 Å². The molecule has 0 bridgehead atoms. The van der Waals surface area contributed by atoms with Crippen molar-refractivity contribution >= 4 is 12.3 Å². The minimum absolute atomic E-state index is 0.130. The van der Waals surface area contributed by atoms with Gasteiger partial charge < -0.3 is 15.0 Å². The molecule has 0 saturated carbocycles. The fourth-order valence-corrected chi connectivity index (χ4v) is 1.42. The minimum Gasteiger partial charge on any atom is -0.550 e. The van der Waals surface area contributed by atoms with Crippen LogP contribution in [0.15, 0.2) is 12.2 Å². The van der Waals surface area contributed by atoms with Crippen molar-refractivity contribution in [3.63, 3.8) is 0 Å². The standard InChI is InChI=1S/C12H20O4/c13-10-6-8-11(14)7-4-2-1-3-5-9-12(15)16/h6,8,10-11,14H,1-5,7,9H2,(H,15,16)/p-1/b8-6+. The molecule has 0 aromatic rings. The summed E-state index contributed by atoms with van der Waals surface area (Å²) < 4.78 is 0. The van der Waals surface area contributed by atoms with Crippen LogP contribution in [0.25, 0.3) is 0 Å². The molecule has 1 N–H and O–H groups in total. The second-order valence-corrected chi connectivity index (χ2v) is 3.77. The van der Waals surface area contributed by atoms with E-state index in [1.807, 2.05) is 0 Å². The van der Waals surface area contributed by atoms with E-state index in [-0.39, 0.29) is 6.42 Å². The van der Waals surface area contributed by atoms with Gasteiger partial charge in [-0.15, -0.1) is 0 Å². The number of carbonyl (C=O) groups is 2. The molecule has 0 aromatic heterocycles. The zero-order valence-corrected chi connectivity index (χ0v) is 9.43. The van der Waals surface area contributed by atoms with E-state index in [1.54, 1.807) is 0 Å². The molecule has 0 aromatic carbocycles. The summed E-state index contributed by atoms with van der Waals surface area (Å²) in [6.45, 7) is 0. The molecule has 0 amide bonds. The number of hydrogen-bond donors (Lipinski definition) is 1. The summed E-state index contributed by atoms with van der Waals surface area (Å²) in [7, 11) is 0. The Hall–Kier alpha value is -1.16. The van der Waals surface area contributed by atoms with Gasteiger partial charge >= 0.3 is 0 Å². The van der Waals surface area contributed by atoms with Crippen LogP contribution >= 0.6 is 0 Å². The van der Waals surface area contributed by atoms with Crippen molar-refractivity contribution in [3.8, 4) is 0 Å². The molecule has 92 valence electrons. The van der Waals surface area contributed by atoms with Crippen LogP contribution in [-0.2, 0) is 9.59 Å². The Bertz CT molecular complexity index is 223. The van der Waals surface area contributed by atoms with Gasteiger partial charge in [0.2, 0.25) is 0 Å². The van der Waals surface area contributed by atoms with Crippen LogP contribution in [0, 0.1) is 0 Å². The van der Waals surface area contributed by atoms with Gasteiger partial charge in [-0.3, -0.25) is 4.79 Å². The predicted molar refractivity (Wildman–Crippen MR) is 58.5 cm³/mol. The van der Waals surface area contributed by atoms with E-state index in [9.17, 15) is 19.8 Å². The molecule has 4 nitrogen and oxygen atoms in total. The molecule has 0 fully saturated rings. The fraction of sp³-hybridized carbons (Fsp3) is 0.667. The fourth-order valence-electron chi connectivity index (χ4n) is 1.42. The lowest BCUT2D eigenvalue weighted by Crippen LogP contribution is -2.21. The van der Waals surface area contributed by atoms with Gasteiger partial charge in [-0.25, -0.2) is 0 Å². The molecule has 16 heavy (non-hydrogen) atoms. The number of rotatable bonds is 10. The number of carboxylic acids is 1. The molecule has 0 aliphatic heterocycles. The van der Waals surface area contributed by atoms with Crippen molar-refractivity contribution in [1.82, 2.24) is 0 Å². The number of aliphatic carboxylic acids is 1. The average Bonchev–Trinajstić information content (AvgIpc) is 2.24. The first-order chi connectivity index (χ1) is 7.66. The Morgan fingerprint density at radius 1 is 1.19 bits per heavy atom. The molecule has 0 heterocycles. The number of aldehydes is 1. The van der Waals surface area contributed by atoms with Crippen LogP contribution < -0.4 is 5.11 Å². The first-order valence-corrected chi connectivity index (χ1v) is 5.66. The van der Waals surface area contributed by atoms with E-state index >= 15 is 0 Å². The summed E-state index contributed by atoms with van der Waals surface area (Å²) in [5, 5.41) is 19.4. The number of aliphatic hydroxyl groups is 1. The van der Waals surface area contributed by atoms with Gasteiger partial charge in [-0.1, -0.05) is 31.8 Å². The Balaban J connectivity index is 3.23. The molecule has 0 radical (unpaired) electrons. The lowest BCUT2D eigenvalue weighted by atomic mass is 10.1. The van der Waals surface area contributed by atoms with Gasteiger partial charge in [-0.2, -0.15) is 0 Å². The Morgan fingerprint density at radius 2 is 1.81 bits per heavy atom. The molecular weight excluding hydrogens is 208 g/mol. The Morgan fingerprint density at radius 3 is 2.44 bits per heavy atom. The molecule has 4 heteroatoms. The van der Waals surface area contributed by atoms with E-state index < -0.39 is 12.1 Å². The van der Waals surface area contributed by atoms with Gasteiger partial charge in [0.05, 0.1) is 6.10 Å². The largest absolute Gasteiger partial charge is 0.550 e. The Kier molecular flexibility index (Phi) is 9.61. The van der Waals surface area contributed by atoms with Crippen LogP contribution in [0.3, 0.4) is 0 Å². The van der Waals surface area contributed by atoms with Crippen LogP contribution in [0.5, 0.6) is 0 Å². The van der Waals surface area contributed by atoms with Crippen LogP contribution in [0.4, 0.5) is 0 Å². The van der Waals surface area contributed by atoms with Crippen molar-refractivity contribution in [2.45, 2.75) is 51.0 Å². The van der Waals surface area contributed by atoms with E-state index in [0.717, 1.165) is 25.7 Å². The monoisotopic (exact) mass is 227 g/mol. The summed E-state index contributed by atoms with van der Waals surface area (Å²) in [6, 6.07) is 0. The lowest BCUT2D eigenvalue weighted by Gasteiger charge is -2.05. The van der Waals surface area contributed by atoms with Gasteiger partial charge in [0, 0.05) is 5.97 Å². The van der Waals surface area contributed by atoms with Gasteiger partial charge in [0.1, 0.15) is 6.29 Å².